The number of benzene rings is 1. The molecule has 1 aliphatic rings. The van der Waals surface area contributed by atoms with Crippen molar-refractivity contribution >= 4 is 17.5 Å². The number of para-hydroxylation sites is 2. The standard InChI is InChI=1S/C15H18N2O3/c1-2-20-13-8-4-3-7-12(13)16-14(18)11-15(19)17-9-5-6-10-17/h3-8H,2,9-11H2,1H3,(H,16,18). The van der Waals surface area contributed by atoms with Crippen LogP contribution in [0.4, 0.5) is 5.69 Å². The van der Waals surface area contributed by atoms with Gasteiger partial charge in [-0.15, -0.1) is 0 Å². The number of carbonyl (C=O) groups excluding carboxylic acids is 2. The van der Waals surface area contributed by atoms with Crippen LogP contribution in [0, 0.1) is 0 Å². The van der Waals surface area contributed by atoms with Crippen molar-refractivity contribution in [3.8, 4) is 5.75 Å². The van der Waals surface area contributed by atoms with Crippen molar-refractivity contribution < 1.29 is 14.3 Å². The maximum absolute atomic E-state index is 11.9. The third kappa shape index (κ3) is 3.60. The zero-order valence-corrected chi connectivity index (χ0v) is 11.5. The summed E-state index contributed by atoms with van der Waals surface area (Å²) in [6, 6.07) is 7.18. The lowest BCUT2D eigenvalue weighted by Crippen LogP contribution is -2.31. The molecule has 20 heavy (non-hydrogen) atoms. The fraction of sp³-hybridized carbons (Fsp3) is 0.333. The Balaban J connectivity index is 1.92. The lowest BCUT2D eigenvalue weighted by molar-refractivity contribution is -0.133. The summed E-state index contributed by atoms with van der Waals surface area (Å²) < 4.78 is 5.42. The van der Waals surface area contributed by atoms with Gasteiger partial charge in [-0.3, -0.25) is 9.59 Å². The van der Waals surface area contributed by atoms with Gasteiger partial charge in [-0.1, -0.05) is 24.3 Å². The van der Waals surface area contributed by atoms with Gasteiger partial charge < -0.3 is 15.0 Å². The molecule has 1 heterocycles. The number of anilines is 1. The van der Waals surface area contributed by atoms with E-state index in [1.807, 2.05) is 31.2 Å². The summed E-state index contributed by atoms with van der Waals surface area (Å²) in [7, 11) is 0. The van der Waals surface area contributed by atoms with Crippen molar-refractivity contribution in [3.05, 3.63) is 36.4 Å². The molecular weight excluding hydrogens is 256 g/mol. The maximum Gasteiger partial charge on any atom is 0.233 e. The maximum atomic E-state index is 11.9. The number of amides is 2. The quantitative estimate of drug-likeness (QED) is 0.658. The van der Waals surface area contributed by atoms with Gasteiger partial charge in [0.05, 0.1) is 12.3 Å². The molecule has 0 fully saturated rings. The molecule has 0 aromatic heterocycles. The number of rotatable bonds is 5. The topological polar surface area (TPSA) is 58.6 Å². The first kappa shape index (κ1) is 14.1. The Kier molecular flexibility index (Phi) is 4.76. The summed E-state index contributed by atoms with van der Waals surface area (Å²) in [5.74, 6) is 0.120. The monoisotopic (exact) mass is 274 g/mol. The molecule has 1 aromatic carbocycles. The molecule has 1 aromatic rings. The lowest BCUT2D eigenvalue weighted by Gasteiger charge is -2.15. The SMILES string of the molecule is CCOc1ccccc1NC(=O)CC(=O)N1CC=CC1. The summed E-state index contributed by atoms with van der Waals surface area (Å²) in [6.07, 6.45) is 3.68. The van der Waals surface area contributed by atoms with Crippen molar-refractivity contribution in [1.29, 1.82) is 0 Å². The van der Waals surface area contributed by atoms with Gasteiger partial charge in [0.15, 0.2) is 0 Å². The first-order chi connectivity index (χ1) is 9.70. The van der Waals surface area contributed by atoms with Gasteiger partial charge >= 0.3 is 0 Å². The smallest absolute Gasteiger partial charge is 0.233 e. The molecule has 5 nitrogen and oxygen atoms in total. The van der Waals surface area contributed by atoms with Crippen molar-refractivity contribution in [2.45, 2.75) is 13.3 Å². The second-order valence-corrected chi connectivity index (χ2v) is 4.42. The summed E-state index contributed by atoms with van der Waals surface area (Å²) >= 11 is 0. The lowest BCUT2D eigenvalue weighted by atomic mass is 10.2. The Bertz CT molecular complexity index is 518. The van der Waals surface area contributed by atoms with Gasteiger partial charge in [0.1, 0.15) is 12.2 Å². The van der Waals surface area contributed by atoms with E-state index in [0.29, 0.717) is 31.1 Å². The average Bonchev–Trinajstić information content (AvgIpc) is 2.95. The first-order valence-corrected chi connectivity index (χ1v) is 6.65. The van der Waals surface area contributed by atoms with Gasteiger partial charge in [-0.25, -0.2) is 0 Å². The van der Waals surface area contributed by atoms with E-state index in [1.165, 1.54) is 0 Å². The van der Waals surface area contributed by atoms with Gasteiger partial charge in [-0.05, 0) is 19.1 Å². The minimum absolute atomic E-state index is 0.151. The van der Waals surface area contributed by atoms with Gasteiger partial charge in [0.2, 0.25) is 11.8 Å². The number of ether oxygens (including phenoxy) is 1. The van der Waals surface area contributed by atoms with Crippen molar-refractivity contribution in [2.24, 2.45) is 0 Å². The fourth-order valence-corrected chi connectivity index (χ4v) is 1.98. The van der Waals surface area contributed by atoms with Crippen LogP contribution in [0.2, 0.25) is 0 Å². The number of carbonyl (C=O) groups is 2. The van der Waals surface area contributed by atoms with Crippen molar-refractivity contribution in [1.82, 2.24) is 4.90 Å². The Morgan fingerprint density at radius 1 is 1.25 bits per heavy atom. The van der Waals surface area contributed by atoms with E-state index in [2.05, 4.69) is 5.32 Å². The predicted octanol–water partition coefficient (Wildman–Crippen LogP) is 1.81. The van der Waals surface area contributed by atoms with Crippen LogP contribution >= 0.6 is 0 Å². The van der Waals surface area contributed by atoms with Crippen LogP contribution in [0.25, 0.3) is 0 Å². The van der Waals surface area contributed by atoms with Crippen LogP contribution in [-0.4, -0.2) is 36.4 Å². The summed E-state index contributed by atoms with van der Waals surface area (Å²) in [5.41, 5.74) is 0.590. The molecule has 0 radical (unpaired) electrons. The van der Waals surface area contributed by atoms with E-state index in [-0.39, 0.29) is 18.2 Å². The van der Waals surface area contributed by atoms with Gasteiger partial charge in [0, 0.05) is 13.1 Å². The molecule has 0 unspecified atom stereocenters. The summed E-state index contributed by atoms with van der Waals surface area (Å²) in [6.45, 7) is 3.57. The highest BCUT2D eigenvalue weighted by molar-refractivity contribution is 6.04. The third-order valence-electron chi connectivity index (χ3n) is 2.94. The molecule has 1 aliphatic heterocycles. The highest BCUT2D eigenvalue weighted by Gasteiger charge is 2.18. The van der Waals surface area contributed by atoms with Crippen molar-refractivity contribution in [3.63, 3.8) is 0 Å². The minimum atomic E-state index is -0.325. The number of hydrogen-bond acceptors (Lipinski definition) is 3. The molecule has 106 valence electrons. The molecule has 5 heteroatoms. The Morgan fingerprint density at radius 2 is 1.95 bits per heavy atom. The van der Waals surface area contributed by atoms with Crippen molar-refractivity contribution in [2.75, 3.05) is 25.0 Å². The zero-order chi connectivity index (χ0) is 14.4. The predicted molar refractivity (Wildman–Crippen MR) is 76.6 cm³/mol. The summed E-state index contributed by atoms with van der Waals surface area (Å²) in [4.78, 5) is 25.4. The second-order valence-electron chi connectivity index (χ2n) is 4.42. The molecule has 0 saturated carbocycles. The Morgan fingerprint density at radius 3 is 2.65 bits per heavy atom. The number of hydrogen-bond donors (Lipinski definition) is 1. The van der Waals surface area contributed by atoms with Crippen LogP contribution in [0.15, 0.2) is 36.4 Å². The second kappa shape index (κ2) is 6.75. The molecule has 2 amide bonds. The minimum Gasteiger partial charge on any atom is -0.492 e. The van der Waals surface area contributed by atoms with Crippen LogP contribution < -0.4 is 10.1 Å². The third-order valence-corrected chi connectivity index (χ3v) is 2.94. The fourth-order valence-electron chi connectivity index (χ4n) is 1.98. The van der Waals surface area contributed by atoms with E-state index in [0.717, 1.165) is 0 Å². The van der Waals surface area contributed by atoms with E-state index < -0.39 is 0 Å². The molecule has 0 spiro atoms. The van der Waals surface area contributed by atoms with E-state index in [9.17, 15) is 9.59 Å². The van der Waals surface area contributed by atoms with E-state index in [4.69, 9.17) is 4.74 Å². The Labute approximate surface area is 118 Å². The number of nitrogens with one attached hydrogen (secondary N) is 1. The molecule has 0 bridgehead atoms. The zero-order valence-electron chi connectivity index (χ0n) is 11.5. The molecule has 1 N–H and O–H groups in total. The van der Waals surface area contributed by atoms with Crippen LogP contribution in [-0.2, 0) is 9.59 Å². The largest absolute Gasteiger partial charge is 0.492 e. The highest BCUT2D eigenvalue weighted by Crippen LogP contribution is 2.23. The molecule has 2 rings (SSSR count). The average molecular weight is 274 g/mol. The molecule has 0 atom stereocenters. The first-order valence-electron chi connectivity index (χ1n) is 6.65. The molecular formula is C15H18N2O3. The van der Waals surface area contributed by atoms with Crippen LogP contribution in [0.1, 0.15) is 13.3 Å². The number of nitrogens with zero attached hydrogens (tertiary/aromatic N) is 1. The highest BCUT2D eigenvalue weighted by atomic mass is 16.5. The van der Waals surface area contributed by atoms with E-state index in [1.54, 1.807) is 17.0 Å². The summed E-state index contributed by atoms with van der Waals surface area (Å²) in [5, 5.41) is 2.72. The molecule has 0 saturated heterocycles. The van der Waals surface area contributed by atoms with Crippen LogP contribution in [0.5, 0.6) is 5.75 Å². The normalized spacial score (nSPS) is 13.3. The molecule has 0 aliphatic carbocycles. The van der Waals surface area contributed by atoms with Gasteiger partial charge in [0.25, 0.3) is 0 Å². The van der Waals surface area contributed by atoms with Crippen LogP contribution in [0.3, 0.4) is 0 Å². The van der Waals surface area contributed by atoms with E-state index >= 15 is 0 Å². The Hall–Kier alpha value is -2.30. The van der Waals surface area contributed by atoms with Gasteiger partial charge in [-0.2, -0.15) is 0 Å².